The zero-order valence-corrected chi connectivity index (χ0v) is 15.3. The van der Waals surface area contributed by atoms with E-state index in [9.17, 15) is 9.59 Å². The normalized spacial score (nSPS) is 15.3. The van der Waals surface area contributed by atoms with E-state index in [1.54, 1.807) is 16.9 Å². The lowest BCUT2D eigenvalue weighted by molar-refractivity contribution is -0.117. The van der Waals surface area contributed by atoms with Crippen LogP contribution < -0.4 is 5.32 Å². The van der Waals surface area contributed by atoms with Gasteiger partial charge in [0, 0.05) is 43.9 Å². The van der Waals surface area contributed by atoms with Crippen LogP contribution in [0.1, 0.15) is 30.2 Å². The molecule has 0 atom stereocenters. The largest absolute Gasteiger partial charge is 0.336 e. The molecule has 1 aromatic carbocycles. The Kier molecular flexibility index (Phi) is 5.68. The van der Waals surface area contributed by atoms with Crippen molar-refractivity contribution in [1.82, 2.24) is 19.6 Å². The fraction of sp³-hybridized carbons (Fsp3) is 0.421. The summed E-state index contributed by atoms with van der Waals surface area (Å²) < 4.78 is 1.79. The Balaban J connectivity index is 1.48. The number of anilines is 1. The van der Waals surface area contributed by atoms with Gasteiger partial charge in [0.1, 0.15) is 5.82 Å². The van der Waals surface area contributed by atoms with Gasteiger partial charge in [-0.3, -0.25) is 14.5 Å². The van der Waals surface area contributed by atoms with Crippen molar-refractivity contribution in [3.8, 4) is 0 Å². The summed E-state index contributed by atoms with van der Waals surface area (Å²) in [5, 5.41) is 7.14. The minimum Gasteiger partial charge on any atom is -0.336 e. The summed E-state index contributed by atoms with van der Waals surface area (Å²) >= 11 is 0. The number of carbonyl (C=O) groups is 2. The fourth-order valence-electron chi connectivity index (χ4n) is 3.08. The van der Waals surface area contributed by atoms with Crippen LogP contribution in [-0.2, 0) is 4.79 Å². The lowest BCUT2D eigenvalue weighted by atomic mass is 10.2. The van der Waals surface area contributed by atoms with E-state index >= 15 is 0 Å². The highest BCUT2D eigenvalue weighted by atomic mass is 16.2. The molecule has 2 heterocycles. The van der Waals surface area contributed by atoms with E-state index in [0.29, 0.717) is 44.1 Å². The minimum absolute atomic E-state index is 0.0514. The van der Waals surface area contributed by atoms with Gasteiger partial charge in [-0.1, -0.05) is 18.2 Å². The van der Waals surface area contributed by atoms with Gasteiger partial charge >= 0.3 is 0 Å². The quantitative estimate of drug-likeness (QED) is 0.889. The smallest absolute Gasteiger partial charge is 0.253 e. The molecule has 1 aliphatic heterocycles. The number of piperazine rings is 1. The molecule has 0 aliphatic carbocycles. The molecule has 3 rings (SSSR count). The lowest BCUT2D eigenvalue weighted by Crippen LogP contribution is -2.50. The molecule has 0 bridgehead atoms. The number of benzene rings is 1. The molecule has 26 heavy (non-hydrogen) atoms. The van der Waals surface area contributed by atoms with Gasteiger partial charge in [-0.2, -0.15) is 5.10 Å². The number of rotatable bonds is 5. The number of hydrogen-bond acceptors (Lipinski definition) is 4. The van der Waals surface area contributed by atoms with Crippen molar-refractivity contribution in [2.45, 2.75) is 19.9 Å². The van der Waals surface area contributed by atoms with Crippen molar-refractivity contribution >= 4 is 17.6 Å². The summed E-state index contributed by atoms with van der Waals surface area (Å²) in [7, 11) is 0. The summed E-state index contributed by atoms with van der Waals surface area (Å²) in [4.78, 5) is 28.7. The van der Waals surface area contributed by atoms with Crippen LogP contribution in [0.15, 0.2) is 42.6 Å². The molecule has 2 aromatic rings. The number of aromatic nitrogens is 2. The number of nitrogens with zero attached hydrogens (tertiary/aromatic N) is 4. The van der Waals surface area contributed by atoms with Gasteiger partial charge in [0.15, 0.2) is 0 Å². The zero-order chi connectivity index (χ0) is 18.5. The van der Waals surface area contributed by atoms with Crippen LogP contribution in [0.4, 0.5) is 5.82 Å². The van der Waals surface area contributed by atoms with Crippen LogP contribution >= 0.6 is 0 Å². The summed E-state index contributed by atoms with van der Waals surface area (Å²) in [6, 6.07) is 11.3. The van der Waals surface area contributed by atoms with Crippen LogP contribution in [0, 0.1) is 0 Å². The highest BCUT2D eigenvalue weighted by Gasteiger charge is 2.23. The van der Waals surface area contributed by atoms with Crippen LogP contribution in [0.2, 0.25) is 0 Å². The van der Waals surface area contributed by atoms with Gasteiger partial charge in [0.2, 0.25) is 5.91 Å². The molecule has 1 N–H and O–H groups in total. The van der Waals surface area contributed by atoms with Gasteiger partial charge in [-0.25, -0.2) is 4.68 Å². The molecule has 138 valence electrons. The van der Waals surface area contributed by atoms with E-state index in [1.165, 1.54) is 0 Å². The highest BCUT2D eigenvalue weighted by molar-refractivity contribution is 5.94. The van der Waals surface area contributed by atoms with Crippen molar-refractivity contribution in [1.29, 1.82) is 0 Å². The van der Waals surface area contributed by atoms with Gasteiger partial charge in [0.25, 0.3) is 5.91 Å². The van der Waals surface area contributed by atoms with E-state index < -0.39 is 0 Å². The van der Waals surface area contributed by atoms with Crippen molar-refractivity contribution in [2.75, 3.05) is 38.0 Å². The van der Waals surface area contributed by atoms with Gasteiger partial charge in [0.05, 0.1) is 12.7 Å². The zero-order valence-electron chi connectivity index (χ0n) is 15.3. The Bertz CT molecular complexity index is 748. The first kappa shape index (κ1) is 18.1. The van der Waals surface area contributed by atoms with Crippen LogP contribution in [0.25, 0.3) is 0 Å². The van der Waals surface area contributed by atoms with E-state index in [0.717, 1.165) is 0 Å². The first-order valence-electron chi connectivity index (χ1n) is 8.94. The third-order valence-corrected chi connectivity index (χ3v) is 4.47. The topological polar surface area (TPSA) is 70.5 Å². The monoisotopic (exact) mass is 355 g/mol. The molecule has 2 amide bonds. The molecule has 7 nitrogen and oxygen atoms in total. The van der Waals surface area contributed by atoms with Crippen molar-refractivity contribution in [2.24, 2.45) is 0 Å². The Labute approximate surface area is 153 Å². The number of nitrogens with one attached hydrogen (secondary N) is 1. The second kappa shape index (κ2) is 8.14. The van der Waals surface area contributed by atoms with Crippen molar-refractivity contribution in [3.05, 3.63) is 48.2 Å². The average molecular weight is 355 g/mol. The predicted octanol–water partition coefficient (Wildman–Crippen LogP) is 1.86. The second-order valence-electron chi connectivity index (χ2n) is 6.74. The summed E-state index contributed by atoms with van der Waals surface area (Å²) in [5.74, 6) is 0.702. The van der Waals surface area contributed by atoms with Crippen molar-refractivity contribution in [3.63, 3.8) is 0 Å². The lowest BCUT2D eigenvalue weighted by Gasteiger charge is -2.34. The predicted molar refractivity (Wildman–Crippen MR) is 100 cm³/mol. The van der Waals surface area contributed by atoms with E-state index in [4.69, 9.17) is 0 Å². The molecule has 0 unspecified atom stereocenters. The minimum atomic E-state index is -0.0600. The molecule has 1 aliphatic rings. The first-order chi connectivity index (χ1) is 12.5. The molecule has 1 aromatic heterocycles. The van der Waals surface area contributed by atoms with Crippen molar-refractivity contribution < 1.29 is 9.59 Å². The summed E-state index contributed by atoms with van der Waals surface area (Å²) in [6.07, 6.45) is 1.68. The van der Waals surface area contributed by atoms with Gasteiger partial charge in [-0.15, -0.1) is 0 Å². The maximum atomic E-state index is 12.5. The van der Waals surface area contributed by atoms with E-state index in [-0.39, 0.29) is 17.9 Å². The summed E-state index contributed by atoms with van der Waals surface area (Å²) in [5.41, 5.74) is 0.709. The maximum absolute atomic E-state index is 12.5. The molecule has 1 fully saturated rings. The maximum Gasteiger partial charge on any atom is 0.253 e. The Hall–Kier alpha value is -2.67. The number of carbonyl (C=O) groups excluding carboxylic acids is 2. The molecule has 1 saturated heterocycles. The summed E-state index contributed by atoms with van der Waals surface area (Å²) in [6.45, 7) is 6.99. The van der Waals surface area contributed by atoms with E-state index in [2.05, 4.69) is 15.3 Å². The third-order valence-electron chi connectivity index (χ3n) is 4.47. The number of amides is 2. The Morgan fingerprint density at radius 2 is 1.77 bits per heavy atom. The molecular formula is C19H25N5O2. The first-order valence-corrected chi connectivity index (χ1v) is 8.94. The highest BCUT2D eigenvalue weighted by Crippen LogP contribution is 2.13. The Morgan fingerprint density at radius 3 is 2.42 bits per heavy atom. The molecule has 0 spiro atoms. The molecular weight excluding hydrogens is 330 g/mol. The van der Waals surface area contributed by atoms with Crippen LogP contribution in [0.5, 0.6) is 0 Å². The standard InChI is InChI=1S/C19H25N5O2/c1-15(2)24-17(8-9-20-24)21-18(25)14-22-10-12-23(13-11-22)19(26)16-6-4-3-5-7-16/h3-9,15H,10-14H2,1-2H3,(H,21,25). The fourth-order valence-corrected chi connectivity index (χ4v) is 3.08. The Morgan fingerprint density at radius 1 is 1.08 bits per heavy atom. The molecule has 0 saturated carbocycles. The molecule has 7 heteroatoms. The van der Waals surface area contributed by atoms with Crippen LogP contribution in [0.3, 0.4) is 0 Å². The third kappa shape index (κ3) is 4.29. The van der Waals surface area contributed by atoms with Crippen LogP contribution in [-0.4, -0.2) is 64.1 Å². The van der Waals surface area contributed by atoms with Gasteiger partial charge < -0.3 is 10.2 Å². The van der Waals surface area contributed by atoms with E-state index in [1.807, 2.05) is 49.1 Å². The number of hydrogen-bond donors (Lipinski definition) is 1. The second-order valence-corrected chi connectivity index (χ2v) is 6.74. The SMILES string of the molecule is CC(C)n1nccc1NC(=O)CN1CCN(C(=O)c2ccccc2)CC1. The van der Waals surface area contributed by atoms with Gasteiger partial charge in [-0.05, 0) is 26.0 Å². The average Bonchev–Trinajstić information content (AvgIpc) is 3.11. The molecule has 0 radical (unpaired) electrons.